The molecule has 1 N–H and O–H groups in total. The number of rotatable bonds is 2. The summed E-state index contributed by atoms with van der Waals surface area (Å²) >= 11 is 3.36. The van der Waals surface area contributed by atoms with Crippen LogP contribution in [-0.2, 0) is 0 Å². The molecular weight excluding hydrogens is 278 g/mol. The summed E-state index contributed by atoms with van der Waals surface area (Å²) in [6, 6.07) is 7.98. The van der Waals surface area contributed by atoms with Gasteiger partial charge in [-0.2, -0.15) is 0 Å². The fraction of sp³-hybridized carbons (Fsp3) is 0.214. The second-order valence-corrected chi connectivity index (χ2v) is 5.11. The van der Waals surface area contributed by atoms with E-state index in [1.54, 1.807) is 12.4 Å². The van der Waals surface area contributed by atoms with Crippen molar-refractivity contribution in [1.82, 2.24) is 4.98 Å². The maximum atomic E-state index is 10.4. The molecule has 17 heavy (non-hydrogen) atoms. The molecule has 0 saturated carbocycles. The van der Waals surface area contributed by atoms with Crippen molar-refractivity contribution in [2.75, 3.05) is 0 Å². The predicted octanol–water partition coefficient (Wildman–Crippen LogP) is 3.54. The van der Waals surface area contributed by atoms with Gasteiger partial charge in [-0.1, -0.05) is 23.8 Å². The van der Waals surface area contributed by atoms with E-state index in [2.05, 4.69) is 20.9 Å². The Morgan fingerprint density at radius 1 is 1.18 bits per heavy atom. The Labute approximate surface area is 109 Å². The van der Waals surface area contributed by atoms with Crippen molar-refractivity contribution in [2.45, 2.75) is 20.0 Å². The second-order valence-electron chi connectivity index (χ2n) is 4.20. The zero-order valence-electron chi connectivity index (χ0n) is 9.81. The monoisotopic (exact) mass is 291 g/mol. The largest absolute Gasteiger partial charge is 0.384 e. The van der Waals surface area contributed by atoms with Gasteiger partial charge in [-0.25, -0.2) is 0 Å². The predicted molar refractivity (Wildman–Crippen MR) is 71.9 cm³/mol. The number of hydrogen-bond acceptors (Lipinski definition) is 2. The molecule has 0 amide bonds. The molecule has 1 aromatic carbocycles. The molecule has 1 unspecified atom stereocenters. The number of aryl methyl sites for hydroxylation is 2. The summed E-state index contributed by atoms with van der Waals surface area (Å²) in [5.41, 5.74) is 3.97. The van der Waals surface area contributed by atoms with E-state index < -0.39 is 6.10 Å². The number of benzene rings is 1. The standard InChI is InChI=1S/C14H14BrNO/c1-9-3-4-10(2)13(5-9)14(17)11-6-12(15)8-16-7-11/h3-8,14,17H,1-2H3. The van der Waals surface area contributed by atoms with Crippen molar-refractivity contribution in [2.24, 2.45) is 0 Å². The topological polar surface area (TPSA) is 33.1 Å². The molecule has 2 aromatic rings. The highest BCUT2D eigenvalue weighted by atomic mass is 79.9. The number of aliphatic hydroxyl groups is 1. The summed E-state index contributed by atoms with van der Waals surface area (Å²) in [4.78, 5) is 4.08. The molecule has 3 heteroatoms. The third kappa shape index (κ3) is 2.73. The summed E-state index contributed by atoms with van der Waals surface area (Å²) in [6.45, 7) is 4.03. The molecule has 88 valence electrons. The third-order valence-electron chi connectivity index (χ3n) is 2.77. The van der Waals surface area contributed by atoms with Crippen molar-refractivity contribution in [3.05, 3.63) is 63.4 Å². The minimum atomic E-state index is -0.625. The molecule has 0 aliphatic carbocycles. The van der Waals surface area contributed by atoms with Crippen LogP contribution in [0.25, 0.3) is 0 Å². The molecule has 0 radical (unpaired) electrons. The molecular formula is C14H14BrNO. The van der Waals surface area contributed by atoms with Gasteiger partial charge in [-0.05, 0) is 47.0 Å². The van der Waals surface area contributed by atoms with Crippen LogP contribution in [0.2, 0.25) is 0 Å². The molecule has 1 atom stereocenters. The van der Waals surface area contributed by atoms with Gasteiger partial charge in [-0.15, -0.1) is 0 Å². The minimum absolute atomic E-state index is 0.625. The van der Waals surface area contributed by atoms with Gasteiger partial charge in [-0.3, -0.25) is 4.98 Å². The molecule has 0 aliphatic rings. The van der Waals surface area contributed by atoms with Crippen LogP contribution in [0, 0.1) is 13.8 Å². The van der Waals surface area contributed by atoms with Gasteiger partial charge in [0.15, 0.2) is 0 Å². The highest BCUT2D eigenvalue weighted by Crippen LogP contribution is 2.26. The number of aromatic nitrogens is 1. The molecule has 0 fully saturated rings. The average Bonchev–Trinajstić information content (AvgIpc) is 2.31. The van der Waals surface area contributed by atoms with Gasteiger partial charge in [0.2, 0.25) is 0 Å². The highest BCUT2D eigenvalue weighted by Gasteiger charge is 2.13. The first-order valence-electron chi connectivity index (χ1n) is 5.43. The summed E-state index contributed by atoms with van der Waals surface area (Å²) in [6.07, 6.45) is 2.77. The summed E-state index contributed by atoms with van der Waals surface area (Å²) in [5.74, 6) is 0. The number of halogens is 1. The number of hydrogen-bond donors (Lipinski definition) is 1. The van der Waals surface area contributed by atoms with Crippen LogP contribution in [0.15, 0.2) is 41.1 Å². The van der Waals surface area contributed by atoms with Crippen LogP contribution >= 0.6 is 15.9 Å². The lowest BCUT2D eigenvalue weighted by Gasteiger charge is -2.14. The van der Waals surface area contributed by atoms with Crippen molar-refractivity contribution >= 4 is 15.9 Å². The van der Waals surface area contributed by atoms with Crippen LogP contribution in [-0.4, -0.2) is 10.1 Å². The Bertz CT molecular complexity index is 539. The quantitative estimate of drug-likeness (QED) is 0.918. The smallest absolute Gasteiger partial charge is 0.106 e. The van der Waals surface area contributed by atoms with Crippen LogP contribution < -0.4 is 0 Å². The minimum Gasteiger partial charge on any atom is -0.384 e. The van der Waals surface area contributed by atoms with Gasteiger partial charge >= 0.3 is 0 Å². The Balaban J connectivity index is 2.43. The maximum absolute atomic E-state index is 10.4. The van der Waals surface area contributed by atoms with Crippen LogP contribution in [0.3, 0.4) is 0 Å². The van der Waals surface area contributed by atoms with Gasteiger partial charge in [0, 0.05) is 22.4 Å². The van der Waals surface area contributed by atoms with E-state index in [1.165, 1.54) is 0 Å². The van der Waals surface area contributed by atoms with Crippen LogP contribution in [0.5, 0.6) is 0 Å². The molecule has 1 aromatic heterocycles. The third-order valence-corrected chi connectivity index (χ3v) is 3.20. The maximum Gasteiger partial charge on any atom is 0.106 e. The lowest BCUT2D eigenvalue weighted by atomic mass is 9.97. The lowest BCUT2D eigenvalue weighted by molar-refractivity contribution is 0.219. The zero-order chi connectivity index (χ0) is 12.4. The first-order chi connectivity index (χ1) is 8.08. The van der Waals surface area contributed by atoms with Gasteiger partial charge in [0.1, 0.15) is 6.10 Å². The molecule has 1 heterocycles. The van der Waals surface area contributed by atoms with E-state index in [-0.39, 0.29) is 0 Å². The molecule has 0 spiro atoms. The average molecular weight is 292 g/mol. The summed E-state index contributed by atoms with van der Waals surface area (Å²) in [7, 11) is 0. The summed E-state index contributed by atoms with van der Waals surface area (Å²) < 4.78 is 0.874. The Morgan fingerprint density at radius 3 is 2.65 bits per heavy atom. The normalized spacial score (nSPS) is 12.5. The first kappa shape index (κ1) is 12.3. The number of pyridine rings is 1. The molecule has 0 saturated heterocycles. The fourth-order valence-corrected chi connectivity index (χ4v) is 2.19. The van der Waals surface area contributed by atoms with E-state index >= 15 is 0 Å². The van der Waals surface area contributed by atoms with Gasteiger partial charge < -0.3 is 5.11 Å². The molecule has 2 rings (SSSR count). The molecule has 2 nitrogen and oxygen atoms in total. The van der Waals surface area contributed by atoms with Gasteiger partial charge in [0.05, 0.1) is 0 Å². The van der Waals surface area contributed by atoms with Crippen molar-refractivity contribution in [3.63, 3.8) is 0 Å². The fourth-order valence-electron chi connectivity index (χ4n) is 1.81. The van der Waals surface area contributed by atoms with E-state index in [9.17, 15) is 5.11 Å². The van der Waals surface area contributed by atoms with Crippen LogP contribution in [0.4, 0.5) is 0 Å². The van der Waals surface area contributed by atoms with E-state index in [4.69, 9.17) is 0 Å². The molecule has 0 bridgehead atoms. The second kappa shape index (κ2) is 4.98. The molecule has 0 aliphatic heterocycles. The Hall–Kier alpha value is -1.19. The number of nitrogens with zero attached hydrogens (tertiary/aromatic N) is 1. The Kier molecular flexibility index (Phi) is 3.60. The van der Waals surface area contributed by atoms with Crippen molar-refractivity contribution in [1.29, 1.82) is 0 Å². The first-order valence-corrected chi connectivity index (χ1v) is 6.23. The number of aliphatic hydroxyl groups excluding tert-OH is 1. The van der Waals surface area contributed by atoms with Gasteiger partial charge in [0.25, 0.3) is 0 Å². The lowest BCUT2D eigenvalue weighted by Crippen LogP contribution is -2.03. The van der Waals surface area contributed by atoms with Crippen LogP contribution in [0.1, 0.15) is 28.4 Å². The summed E-state index contributed by atoms with van der Waals surface area (Å²) in [5, 5.41) is 10.4. The van der Waals surface area contributed by atoms with Crippen molar-refractivity contribution in [3.8, 4) is 0 Å². The highest BCUT2D eigenvalue weighted by molar-refractivity contribution is 9.10. The SMILES string of the molecule is Cc1ccc(C)c(C(O)c2cncc(Br)c2)c1. The zero-order valence-corrected chi connectivity index (χ0v) is 11.4. The van der Waals surface area contributed by atoms with E-state index in [0.29, 0.717) is 0 Å². The van der Waals surface area contributed by atoms with Crippen molar-refractivity contribution < 1.29 is 5.11 Å². The Morgan fingerprint density at radius 2 is 1.94 bits per heavy atom. The van der Waals surface area contributed by atoms with E-state index in [0.717, 1.165) is 26.7 Å². The van der Waals surface area contributed by atoms with E-state index in [1.807, 2.05) is 38.1 Å².